The number of aromatic nitrogens is 1. The molecule has 124 valence electrons. The van der Waals surface area contributed by atoms with E-state index >= 15 is 0 Å². The number of methoxy groups -OCH3 is 1. The molecule has 0 spiro atoms. The van der Waals surface area contributed by atoms with Gasteiger partial charge in [0.15, 0.2) is 0 Å². The molecule has 0 unspecified atom stereocenters. The average Bonchev–Trinajstić information content (AvgIpc) is 3.19. The summed E-state index contributed by atoms with van der Waals surface area (Å²) < 4.78 is 6.43. The summed E-state index contributed by atoms with van der Waals surface area (Å²) in [5, 5.41) is 5.97. The third kappa shape index (κ3) is 3.71. The van der Waals surface area contributed by atoms with Gasteiger partial charge in [0.1, 0.15) is 5.75 Å². The number of aromatic amines is 1. The molecule has 2 heterocycles. The van der Waals surface area contributed by atoms with Crippen molar-refractivity contribution >= 4 is 50.2 Å². The van der Waals surface area contributed by atoms with Crippen molar-refractivity contribution in [2.45, 2.75) is 6.42 Å². The monoisotopic (exact) mass is 404 g/mol. The van der Waals surface area contributed by atoms with Crippen LogP contribution in [0.4, 0.5) is 0 Å². The number of H-pyrrole nitrogens is 1. The largest absolute Gasteiger partial charge is 0.495 e. The number of ether oxygens (including phenoxy) is 1. The molecule has 1 amide bonds. The minimum atomic E-state index is -0.0973. The number of hydrogen-bond acceptors (Lipinski definition) is 3. The third-order valence-electron chi connectivity index (χ3n) is 3.69. The molecule has 0 aliphatic heterocycles. The van der Waals surface area contributed by atoms with Crippen molar-refractivity contribution in [3.63, 3.8) is 0 Å². The molecule has 0 radical (unpaired) electrons. The van der Waals surface area contributed by atoms with Gasteiger partial charge in [-0.1, -0.05) is 12.1 Å². The molecule has 3 rings (SSSR count). The topological polar surface area (TPSA) is 54.1 Å². The fourth-order valence-electron chi connectivity index (χ4n) is 2.48. The average molecular weight is 405 g/mol. The fraction of sp³-hybridized carbons (Fsp3) is 0.167. The van der Waals surface area contributed by atoms with Gasteiger partial charge in [-0.2, -0.15) is 0 Å². The smallest absolute Gasteiger partial charge is 0.244 e. The van der Waals surface area contributed by atoms with Gasteiger partial charge in [-0.3, -0.25) is 4.79 Å². The van der Waals surface area contributed by atoms with Crippen LogP contribution in [0.15, 0.2) is 46.4 Å². The first-order chi connectivity index (χ1) is 11.7. The van der Waals surface area contributed by atoms with Crippen LogP contribution in [-0.2, 0) is 11.2 Å². The molecule has 1 aromatic carbocycles. The first kappa shape index (κ1) is 16.8. The highest BCUT2D eigenvalue weighted by Crippen LogP contribution is 2.27. The number of amides is 1. The Morgan fingerprint density at radius 2 is 2.29 bits per heavy atom. The Morgan fingerprint density at radius 1 is 1.42 bits per heavy atom. The van der Waals surface area contributed by atoms with Gasteiger partial charge >= 0.3 is 0 Å². The van der Waals surface area contributed by atoms with E-state index in [1.807, 2.05) is 41.9 Å². The number of thiophene rings is 1. The summed E-state index contributed by atoms with van der Waals surface area (Å²) in [5.74, 6) is 0.693. The van der Waals surface area contributed by atoms with Gasteiger partial charge in [-0.05, 0) is 39.5 Å². The van der Waals surface area contributed by atoms with E-state index in [0.717, 1.165) is 33.1 Å². The number of para-hydroxylation sites is 1. The van der Waals surface area contributed by atoms with Crippen LogP contribution in [0.1, 0.15) is 10.4 Å². The molecule has 0 atom stereocenters. The second-order valence-corrected chi connectivity index (χ2v) is 7.05. The Labute approximate surface area is 152 Å². The maximum atomic E-state index is 12.0. The summed E-state index contributed by atoms with van der Waals surface area (Å²) in [5.41, 5.74) is 1.89. The Kier molecular flexibility index (Phi) is 5.37. The zero-order valence-corrected chi connectivity index (χ0v) is 15.5. The third-order valence-corrected chi connectivity index (χ3v) is 5.67. The molecule has 3 aromatic rings. The lowest BCUT2D eigenvalue weighted by Gasteiger charge is -2.01. The summed E-state index contributed by atoms with van der Waals surface area (Å²) in [6, 6.07) is 7.86. The van der Waals surface area contributed by atoms with Crippen LogP contribution >= 0.6 is 27.3 Å². The summed E-state index contributed by atoms with van der Waals surface area (Å²) in [6.07, 6.45) is 6.07. The molecule has 0 bridgehead atoms. The zero-order valence-electron chi connectivity index (χ0n) is 13.1. The van der Waals surface area contributed by atoms with Crippen molar-refractivity contribution in [2.24, 2.45) is 0 Å². The van der Waals surface area contributed by atoms with Gasteiger partial charge in [0.2, 0.25) is 5.91 Å². The molecule has 2 aromatic heterocycles. The van der Waals surface area contributed by atoms with Crippen molar-refractivity contribution in [2.75, 3.05) is 13.7 Å². The van der Waals surface area contributed by atoms with E-state index in [1.54, 1.807) is 24.5 Å². The van der Waals surface area contributed by atoms with Crippen LogP contribution < -0.4 is 10.1 Å². The van der Waals surface area contributed by atoms with Crippen LogP contribution in [0.25, 0.3) is 17.0 Å². The van der Waals surface area contributed by atoms with Gasteiger partial charge in [0, 0.05) is 45.5 Å². The normalized spacial score (nSPS) is 11.2. The lowest BCUT2D eigenvalue weighted by Crippen LogP contribution is -2.23. The SMILES string of the molecule is COc1cccc2c(/C=C/C(=O)NCCc3sccc3Br)c[nH]c12. The van der Waals surface area contributed by atoms with E-state index < -0.39 is 0 Å². The van der Waals surface area contributed by atoms with Crippen molar-refractivity contribution in [3.8, 4) is 5.75 Å². The van der Waals surface area contributed by atoms with E-state index in [4.69, 9.17) is 4.74 Å². The molecule has 24 heavy (non-hydrogen) atoms. The Balaban J connectivity index is 1.61. The van der Waals surface area contributed by atoms with Gasteiger partial charge in [-0.25, -0.2) is 0 Å². The van der Waals surface area contributed by atoms with Gasteiger partial charge in [0.25, 0.3) is 0 Å². The molecule has 0 fully saturated rings. The van der Waals surface area contributed by atoms with Crippen LogP contribution in [0, 0.1) is 0 Å². The van der Waals surface area contributed by atoms with Crippen molar-refractivity contribution in [1.29, 1.82) is 0 Å². The summed E-state index contributed by atoms with van der Waals surface area (Å²) >= 11 is 5.18. The van der Waals surface area contributed by atoms with E-state index in [1.165, 1.54) is 4.88 Å². The van der Waals surface area contributed by atoms with Crippen LogP contribution in [-0.4, -0.2) is 24.5 Å². The highest BCUT2D eigenvalue weighted by Gasteiger charge is 2.06. The van der Waals surface area contributed by atoms with E-state index in [9.17, 15) is 4.79 Å². The van der Waals surface area contributed by atoms with E-state index in [-0.39, 0.29) is 5.91 Å². The zero-order chi connectivity index (χ0) is 16.9. The predicted octanol–water partition coefficient (Wildman–Crippen LogP) is 4.37. The molecule has 0 saturated heterocycles. The first-order valence-electron chi connectivity index (χ1n) is 7.51. The number of halogens is 1. The number of carbonyl (C=O) groups excluding carboxylic acids is 1. The summed E-state index contributed by atoms with van der Waals surface area (Å²) in [6.45, 7) is 0.615. The van der Waals surface area contributed by atoms with Crippen LogP contribution in [0.2, 0.25) is 0 Å². The minimum Gasteiger partial charge on any atom is -0.495 e. The molecule has 2 N–H and O–H groups in total. The number of carbonyl (C=O) groups is 1. The molecule has 6 heteroatoms. The highest BCUT2D eigenvalue weighted by molar-refractivity contribution is 9.10. The highest BCUT2D eigenvalue weighted by atomic mass is 79.9. The number of rotatable bonds is 6. The van der Waals surface area contributed by atoms with E-state index in [2.05, 4.69) is 26.2 Å². The maximum Gasteiger partial charge on any atom is 0.244 e. The van der Waals surface area contributed by atoms with Crippen molar-refractivity contribution in [1.82, 2.24) is 10.3 Å². The lowest BCUT2D eigenvalue weighted by molar-refractivity contribution is -0.116. The quantitative estimate of drug-likeness (QED) is 0.599. The predicted molar refractivity (Wildman–Crippen MR) is 103 cm³/mol. The molecule has 0 aliphatic rings. The number of hydrogen-bond donors (Lipinski definition) is 2. The second-order valence-electron chi connectivity index (χ2n) is 5.19. The maximum absolute atomic E-state index is 12.0. The van der Waals surface area contributed by atoms with Crippen molar-refractivity contribution in [3.05, 3.63) is 56.8 Å². The van der Waals surface area contributed by atoms with Gasteiger partial charge in [-0.15, -0.1) is 11.3 Å². The van der Waals surface area contributed by atoms with Crippen molar-refractivity contribution < 1.29 is 9.53 Å². The summed E-state index contributed by atoms with van der Waals surface area (Å²) in [7, 11) is 1.64. The molecular weight excluding hydrogens is 388 g/mol. The van der Waals surface area contributed by atoms with Crippen LogP contribution in [0.5, 0.6) is 5.75 Å². The molecular formula is C18H17BrN2O2S. The fourth-order valence-corrected chi connectivity index (χ4v) is 4.04. The van der Waals surface area contributed by atoms with Crippen LogP contribution in [0.3, 0.4) is 0 Å². The molecule has 0 saturated carbocycles. The Morgan fingerprint density at radius 3 is 3.04 bits per heavy atom. The van der Waals surface area contributed by atoms with Gasteiger partial charge in [0.05, 0.1) is 12.6 Å². The number of benzene rings is 1. The lowest BCUT2D eigenvalue weighted by atomic mass is 10.1. The Hall–Kier alpha value is -2.05. The standard InChI is InChI=1S/C18H17BrN2O2S/c1-23-15-4-2-3-13-12(11-21-18(13)15)5-6-17(22)20-9-7-16-14(19)8-10-24-16/h2-6,8,10-11,21H,7,9H2,1H3,(H,20,22)/b6-5+. The molecule has 4 nitrogen and oxygen atoms in total. The number of fused-ring (bicyclic) bond motifs is 1. The number of nitrogens with one attached hydrogen (secondary N) is 2. The second kappa shape index (κ2) is 7.68. The van der Waals surface area contributed by atoms with Gasteiger partial charge < -0.3 is 15.0 Å². The molecule has 0 aliphatic carbocycles. The summed E-state index contributed by atoms with van der Waals surface area (Å²) in [4.78, 5) is 16.4. The first-order valence-corrected chi connectivity index (χ1v) is 9.18. The minimum absolute atomic E-state index is 0.0973. The Bertz CT molecular complexity index is 882. The van der Waals surface area contributed by atoms with E-state index in [0.29, 0.717) is 6.54 Å².